The van der Waals surface area contributed by atoms with E-state index in [0.29, 0.717) is 18.0 Å². The average molecular weight is 503 g/mol. The predicted molar refractivity (Wildman–Crippen MR) is 134 cm³/mol. The second-order valence-electron chi connectivity index (χ2n) is 7.57. The molecule has 0 aliphatic heterocycles. The first-order valence-corrected chi connectivity index (χ1v) is 11.0. The van der Waals surface area contributed by atoms with E-state index in [1.807, 2.05) is 66.7 Å². The second-order valence-corrected chi connectivity index (χ2v) is 8.49. The van der Waals surface area contributed by atoms with Crippen molar-refractivity contribution in [2.45, 2.75) is 6.54 Å². The summed E-state index contributed by atoms with van der Waals surface area (Å²) >= 11 is 3.41. The van der Waals surface area contributed by atoms with Gasteiger partial charge in [0.05, 0.1) is 12.8 Å². The van der Waals surface area contributed by atoms with Crippen LogP contribution in [0.3, 0.4) is 0 Å². The normalized spacial score (nSPS) is 11.6. The molecule has 0 radical (unpaired) electrons. The van der Waals surface area contributed by atoms with E-state index in [9.17, 15) is 9.59 Å². The van der Waals surface area contributed by atoms with Crippen LogP contribution in [0.25, 0.3) is 21.9 Å². The fourth-order valence-corrected chi connectivity index (χ4v) is 4.05. The molecule has 9 heteroatoms. The van der Waals surface area contributed by atoms with Gasteiger partial charge in [-0.05, 0) is 34.0 Å². The number of imidazole rings is 1. The third-order valence-corrected chi connectivity index (χ3v) is 5.99. The van der Waals surface area contributed by atoms with Crippen LogP contribution in [0, 0.1) is 0 Å². The Hall–Kier alpha value is -3.98. The molecule has 0 aliphatic carbocycles. The maximum Gasteiger partial charge on any atom is 0.329 e. The largest absolute Gasteiger partial charge is 0.329 e. The molecule has 0 amide bonds. The lowest BCUT2D eigenvalue weighted by Crippen LogP contribution is -2.29. The SMILES string of the molecule is Cn1c(=O)[nH]c(=O)c2c1nc(N/N=C\c1ccc(Br)cc1)n2Cc1cccc2ccccc12. The average Bonchev–Trinajstić information content (AvgIpc) is 3.18. The van der Waals surface area contributed by atoms with Gasteiger partial charge in [-0.15, -0.1) is 0 Å². The summed E-state index contributed by atoms with van der Waals surface area (Å²) in [5, 5.41) is 6.49. The van der Waals surface area contributed by atoms with E-state index in [2.05, 4.69) is 36.4 Å². The molecule has 0 bridgehead atoms. The van der Waals surface area contributed by atoms with E-state index >= 15 is 0 Å². The molecule has 2 heterocycles. The highest BCUT2D eigenvalue weighted by Crippen LogP contribution is 2.23. The minimum Gasteiger partial charge on any atom is -0.298 e. The van der Waals surface area contributed by atoms with Crippen molar-refractivity contribution in [3.63, 3.8) is 0 Å². The lowest BCUT2D eigenvalue weighted by molar-refractivity contribution is 0.811. The molecule has 0 atom stereocenters. The van der Waals surface area contributed by atoms with E-state index in [1.165, 1.54) is 4.57 Å². The zero-order valence-corrected chi connectivity index (χ0v) is 19.2. The van der Waals surface area contributed by atoms with Crippen molar-refractivity contribution in [3.05, 3.63) is 103 Å². The third-order valence-electron chi connectivity index (χ3n) is 5.46. The highest BCUT2D eigenvalue weighted by Gasteiger charge is 2.18. The first-order valence-electron chi connectivity index (χ1n) is 10.2. The van der Waals surface area contributed by atoms with Crippen LogP contribution < -0.4 is 16.7 Å². The van der Waals surface area contributed by atoms with Crippen LogP contribution in [0.15, 0.2) is 85.9 Å². The molecule has 33 heavy (non-hydrogen) atoms. The minimum atomic E-state index is -0.521. The highest BCUT2D eigenvalue weighted by molar-refractivity contribution is 9.10. The number of hydrazone groups is 1. The molecule has 0 aliphatic rings. The lowest BCUT2D eigenvalue weighted by atomic mass is 10.0. The molecule has 5 aromatic rings. The van der Waals surface area contributed by atoms with Gasteiger partial charge in [0.15, 0.2) is 11.2 Å². The van der Waals surface area contributed by atoms with Crippen LogP contribution in [0.2, 0.25) is 0 Å². The van der Waals surface area contributed by atoms with Crippen molar-refractivity contribution < 1.29 is 0 Å². The maximum atomic E-state index is 12.8. The number of nitrogens with one attached hydrogen (secondary N) is 2. The summed E-state index contributed by atoms with van der Waals surface area (Å²) in [5.41, 5.74) is 4.42. The maximum absolute atomic E-state index is 12.8. The zero-order chi connectivity index (χ0) is 22.9. The summed E-state index contributed by atoms with van der Waals surface area (Å²) in [6.45, 7) is 0.370. The van der Waals surface area contributed by atoms with Gasteiger partial charge in [-0.1, -0.05) is 70.5 Å². The smallest absolute Gasteiger partial charge is 0.298 e. The number of halogens is 1. The number of benzene rings is 3. The Morgan fingerprint density at radius 3 is 2.64 bits per heavy atom. The van der Waals surface area contributed by atoms with Crippen molar-refractivity contribution in [1.29, 1.82) is 0 Å². The van der Waals surface area contributed by atoms with Crippen molar-refractivity contribution in [2.24, 2.45) is 12.1 Å². The van der Waals surface area contributed by atoms with Gasteiger partial charge >= 0.3 is 5.69 Å². The summed E-state index contributed by atoms with van der Waals surface area (Å²) < 4.78 is 4.04. The number of fused-ring (bicyclic) bond motifs is 2. The van der Waals surface area contributed by atoms with Crippen LogP contribution in [0.4, 0.5) is 5.95 Å². The number of aromatic nitrogens is 4. The highest BCUT2D eigenvalue weighted by atomic mass is 79.9. The van der Waals surface area contributed by atoms with Crippen LogP contribution >= 0.6 is 15.9 Å². The summed E-state index contributed by atoms with van der Waals surface area (Å²) in [4.78, 5) is 31.8. The molecule has 2 N–H and O–H groups in total. The van der Waals surface area contributed by atoms with E-state index in [4.69, 9.17) is 0 Å². The zero-order valence-electron chi connectivity index (χ0n) is 17.6. The van der Waals surface area contributed by atoms with E-state index < -0.39 is 11.2 Å². The van der Waals surface area contributed by atoms with Crippen molar-refractivity contribution in [3.8, 4) is 0 Å². The number of rotatable bonds is 5. The van der Waals surface area contributed by atoms with E-state index in [1.54, 1.807) is 17.8 Å². The fraction of sp³-hybridized carbons (Fsp3) is 0.0833. The molecule has 0 saturated heterocycles. The predicted octanol–water partition coefficient (Wildman–Crippen LogP) is 3.83. The van der Waals surface area contributed by atoms with Crippen LogP contribution in [0.5, 0.6) is 0 Å². The van der Waals surface area contributed by atoms with E-state index in [0.717, 1.165) is 26.4 Å². The molecule has 5 rings (SSSR count). The Bertz CT molecular complexity index is 1620. The van der Waals surface area contributed by atoms with Gasteiger partial charge in [-0.3, -0.25) is 18.9 Å². The molecule has 0 fully saturated rings. The molecule has 0 spiro atoms. The number of aromatic amines is 1. The monoisotopic (exact) mass is 502 g/mol. The Balaban J connectivity index is 1.62. The number of hydrogen-bond acceptors (Lipinski definition) is 5. The van der Waals surface area contributed by atoms with Gasteiger partial charge in [0, 0.05) is 11.5 Å². The second kappa shape index (κ2) is 8.51. The van der Waals surface area contributed by atoms with Gasteiger partial charge in [0.2, 0.25) is 5.95 Å². The molecule has 0 saturated carbocycles. The number of hydrogen-bond donors (Lipinski definition) is 2. The van der Waals surface area contributed by atoms with Crippen LogP contribution in [-0.2, 0) is 13.6 Å². The molecule has 2 aromatic heterocycles. The molecule has 0 unspecified atom stereocenters. The number of aryl methyl sites for hydroxylation is 1. The summed E-state index contributed by atoms with van der Waals surface area (Å²) in [5.74, 6) is 0.359. The molecular formula is C24H19BrN6O2. The molecular weight excluding hydrogens is 484 g/mol. The lowest BCUT2D eigenvalue weighted by Gasteiger charge is -2.11. The summed E-state index contributed by atoms with van der Waals surface area (Å²) in [6, 6.07) is 21.8. The Kier molecular flexibility index (Phi) is 5.39. The van der Waals surface area contributed by atoms with Gasteiger partial charge in [0.25, 0.3) is 5.56 Å². The number of H-pyrrole nitrogens is 1. The van der Waals surface area contributed by atoms with Gasteiger partial charge < -0.3 is 0 Å². The van der Waals surface area contributed by atoms with Crippen LogP contribution in [-0.4, -0.2) is 25.3 Å². The molecule has 3 aromatic carbocycles. The van der Waals surface area contributed by atoms with Crippen molar-refractivity contribution in [2.75, 3.05) is 5.43 Å². The molecule has 8 nitrogen and oxygen atoms in total. The molecule has 164 valence electrons. The number of nitrogens with zero attached hydrogens (tertiary/aromatic N) is 4. The van der Waals surface area contributed by atoms with Crippen molar-refractivity contribution >= 4 is 50.0 Å². The Morgan fingerprint density at radius 2 is 1.82 bits per heavy atom. The standard InChI is InChI=1S/C24H19BrN6O2/c1-30-21-20(22(32)28-24(30)33)31(14-17-7-4-6-16-5-2-3-8-19(16)17)23(27-21)29-26-13-15-9-11-18(25)12-10-15/h2-13H,14H2,1H3,(H,27,29)(H,28,32,33)/b26-13-. The Labute approximate surface area is 196 Å². The first-order chi connectivity index (χ1) is 16.0. The third kappa shape index (κ3) is 3.98. The quantitative estimate of drug-likeness (QED) is 0.282. The number of anilines is 1. The Morgan fingerprint density at radius 1 is 1.06 bits per heavy atom. The van der Waals surface area contributed by atoms with Gasteiger partial charge in [-0.25, -0.2) is 10.2 Å². The summed E-state index contributed by atoms with van der Waals surface area (Å²) in [6.07, 6.45) is 1.66. The van der Waals surface area contributed by atoms with E-state index in [-0.39, 0.29) is 5.65 Å². The first kappa shape index (κ1) is 20.9. The minimum absolute atomic E-state index is 0.283. The summed E-state index contributed by atoms with van der Waals surface area (Å²) in [7, 11) is 1.57. The van der Waals surface area contributed by atoms with Gasteiger partial charge in [-0.2, -0.15) is 10.1 Å². The van der Waals surface area contributed by atoms with Gasteiger partial charge in [0.1, 0.15) is 0 Å². The van der Waals surface area contributed by atoms with Crippen LogP contribution in [0.1, 0.15) is 11.1 Å². The fourth-order valence-electron chi connectivity index (χ4n) is 3.79. The topological polar surface area (TPSA) is 97.1 Å². The van der Waals surface area contributed by atoms with Crippen molar-refractivity contribution in [1.82, 2.24) is 19.1 Å².